The molecule has 0 saturated carbocycles. The fraction of sp³-hybridized carbons (Fsp3) is 0.158. The third-order valence-corrected chi connectivity index (χ3v) is 5.39. The summed E-state index contributed by atoms with van der Waals surface area (Å²) in [6.07, 6.45) is 0. The first kappa shape index (κ1) is 14.8. The van der Waals surface area contributed by atoms with Gasteiger partial charge in [-0.1, -0.05) is 74.3 Å². The highest BCUT2D eigenvalue weighted by molar-refractivity contribution is 9.10. The molecule has 1 atom stereocenters. The van der Waals surface area contributed by atoms with Crippen molar-refractivity contribution in [3.63, 3.8) is 0 Å². The summed E-state index contributed by atoms with van der Waals surface area (Å²) in [7, 11) is 0. The Kier molecular flexibility index (Phi) is 4.19. The zero-order valence-electron chi connectivity index (χ0n) is 12.0. The smallest absolute Gasteiger partial charge is 0.0655 e. The van der Waals surface area contributed by atoms with Gasteiger partial charge in [-0.25, -0.2) is 0 Å². The molecule has 0 aliphatic carbocycles. The third kappa shape index (κ3) is 2.79. The van der Waals surface area contributed by atoms with Crippen molar-refractivity contribution < 1.29 is 0 Å². The topological polar surface area (TPSA) is 0 Å². The number of benzene rings is 3. The van der Waals surface area contributed by atoms with Crippen LogP contribution in [-0.4, -0.2) is 0 Å². The second kappa shape index (κ2) is 5.94. The third-order valence-electron chi connectivity index (χ3n) is 3.95. The highest BCUT2D eigenvalue weighted by Gasteiger charge is 2.17. The summed E-state index contributed by atoms with van der Waals surface area (Å²) in [5.41, 5.74) is 5.28. The van der Waals surface area contributed by atoms with Crippen LogP contribution in [0.2, 0.25) is 0 Å². The van der Waals surface area contributed by atoms with E-state index in [0.29, 0.717) is 0 Å². The molecule has 0 amide bonds. The molecule has 0 aromatic heterocycles. The number of alkyl halides is 1. The first-order valence-corrected chi connectivity index (χ1v) is 8.67. The molecule has 0 heterocycles. The monoisotopic (exact) mass is 402 g/mol. The number of fused-ring (bicyclic) bond motifs is 1. The lowest BCUT2D eigenvalue weighted by Gasteiger charge is -2.18. The van der Waals surface area contributed by atoms with E-state index in [9.17, 15) is 0 Å². The fourth-order valence-corrected chi connectivity index (χ4v) is 4.42. The Balaban J connectivity index is 2.21. The minimum atomic E-state index is 0.205. The maximum absolute atomic E-state index is 3.93. The second-order valence-electron chi connectivity index (χ2n) is 5.38. The van der Waals surface area contributed by atoms with Crippen molar-refractivity contribution in [3.05, 3.63) is 81.3 Å². The van der Waals surface area contributed by atoms with Crippen molar-refractivity contribution in [1.29, 1.82) is 0 Å². The van der Waals surface area contributed by atoms with Crippen LogP contribution in [0, 0.1) is 13.8 Å². The van der Waals surface area contributed by atoms with Crippen molar-refractivity contribution >= 4 is 42.6 Å². The van der Waals surface area contributed by atoms with Crippen molar-refractivity contribution in [3.8, 4) is 0 Å². The van der Waals surface area contributed by atoms with Crippen molar-refractivity contribution in [1.82, 2.24) is 0 Å². The normalized spacial score (nSPS) is 12.6. The molecular weight excluding hydrogens is 388 g/mol. The van der Waals surface area contributed by atoms with Gasteiger partial charge in [0.05, 0.1) is 4.83 Å². The molecule has 0 saturated heterocycles. The molecule has 0 aliphatic heterocycles. The average molecular weight is 404 g/mol. The van der Waals surface area contributed by atoms with Gasteiger partial charge in [-0.05, 0) is 59.0 Å². The molecule has 3 rings (SSSR count). The van der Waals surface area contributed by atoms with Gasteiger partial charge in [-0.15, -0.1) is 0 Å². The first-order valence-electron chi connectivity index (χ1n) is 6.96. The summed E-state index contributed by atoms with van der Waals surface area (Å²) in [5, 5.41) is 2.61. The van der Waals surface area contributed by atoms with Crippen LogP contribution in [0.15, 0.2) is 59.1 Å². The van der Waals surface area contributed by atoms with Crippen LogP contribution in [0.3, 0.4) is 0 Å². The van der Waals surface area contributed by atoms with Gasteiger partial charge in [0.2, 0.25) is 0 Å². The number of rotatable bonds is 2. The van der Waals surface area contributed by atoms with Crippen LogP contribution in [-0.2, 0) is 0 Å². The van der Waals surface area contributed by atoms with Crippen LogP contribution in [0.1, 0.15) is 27.1 Å². The Bertz CT molecular complexity index is 806. The molecule has 21 heavy (non-hydrogen) atoms. The molecule has 2 heteroatoms. The van der Waals surface area contributed by atoms with Gasteiger partial charge in [0.25, 0.3) is 0 Å². The zero-order valence-corrected chi connectivity index (χ0v) is 15.2. The fourth-order valence-electron chi connectivity index (χ4n) is 2.82. The molecule has 0 nitrogen and oxygen atoms in total. The summed E-state index contributed by atoms with van der Waals surface area (Å²) < 4.78 is 1.12. The molecule has 106 valence electrons. The molecule has 1 unspecified atom stereocenters. The second-order valence-corrected chi connectivity index (χ2v) is 7.21. The predicted molar refractivity (Wildman–Crippen MR) is 98.3 cm³/mol. The molecular formula is C19H16Br2. The lowest BCUT2D eigenvalue weighted by atomic mass is 9.92. The lowest BCUT2D eigenvalue weighted by molar-refractivity contribution is 1.13. The number of hydrogen-bond donors (Lipinski definition) is 0. The van der Waals surface area contributed by atoms with Gasteiger partial charge < -0.3 is 0 Å². The molecule has 0 aliphatic rings. The van der Waals surface area contributed by atoms with Gasteiger partial charge in [0.15, 0.2) is 0 Å². The van der Waals surface area contributed by atoms with E-state index in [2.05, 4.69) is 100 Å². The SMILES string of the molecule is Cc1cc(Br)ccc1C(Br)c1c(C)ccc2ccccc12. The van der Waals surface area contributed by atoms with E-state index < -0.39 is 0 Å². The summed E-state index contributed by atoms with van der Waals surface area (Å²) in [6, 6.07) is 19.5. The standard InChI is InChI=1S/C19H16Br2/c1-12-7-8-14-5-3-4-6-17(14)18(12)19(21)16-10-9-15(20)11-13(16)2/h3-11,19H,1-2H3. The first-order chi connectivity index (χ1) is 10.1. The number of hydrogen-bond acceptors (Lipinski definition) is 0. The van der Waals surface area contributed by atoms with E-state index in [0.717, 1.165) is 4.47 Å². The molecule has 3 aromatic rings. The molecule has 0 N–H and O–H groups in total. The number of halogens is 2. The van der Waals surface area contributed by atoms with Crippen molar-refractivity contribution in [2.24, 2.45) is 0 Å². The van der Waals surface area contributed by atoms with Gasteiger partial charge in [-0.2, -0.15) is 0 Å². The van der Waals surface area contributed by atoms with Crippen molar-refractivity contribution in [2.75, 3.05) is 0 Å². The van der Waals surface area contributed by atoms with E-state index in [1.807, 2.05) is 0 Å². The number of aryl methyl sites for hydroxylation is 2. The van der Waals surface area contributed by atoms with E-state index in [-0.39, 0.29) is 4.83 Å². The Hall–Kier alpha value is -1.12. The molecule has 0 bridgehead atoms. The van der Waals surface area contributed by atoms with Gasteiger partial charge in [0, 0.05) is 4.47 Å². The Morgan fingerprint density at radius 3 is 2.38 bits per heavy atom. The van der Waals surface area contributed by atoms with Gasteiger partial charge in [0.1, 0.15) is 0 Å². The van der Waals surface area contributed by atoms with Crippen LogP contribution >= 0.6 is 31.9 Å². The van der Waals surface area contributed by atoms with Crippen LogP contribution in [0.5, 0.6) is 0 Å². The largest absolute Gasteiger partial charge is 0.0786 e. The van der Waals surface area contributed by atoms with Gasteiger partial charge >= 0.3 is 0 Å². The van der Waals surface area contributed by atoms with E-state index >= 15 is 0 Å². The zero-order chi connectivity index (χ0) is 15.0. The summed E-state index contributed by atoms with van der Waals surface area (Å²) in [4.78, 5) is 0.205. The Morgan fingerprint density at radius 1 is 0.857 bits per heavy atom. The molecule has 0 fully saturated rings. The van der Waals surface area contributed by atoms with E-state index in [1.165, 1.54) is 33.0 Å². The maximum Gasteiger partial charge on any atom is 0.0655 e. The maximum atomic E-state index is 3.93. The highest BCUT2D eigenvalue weighted by atomic mass is 79.9. The van der Waals surface area contributed by atoms with E-state index in [4.69, 9.17) is 0 Å². The minimum absolute atomic E-state index is 0.205. The lowest BCUT2D eigenvalue weighted by Crippen LogP contribution is -1.99. The molecule has 0 spiro atoms. The van der Waals surface area contributed by atoms with Crippen LogP contribution < -0.4 is 0 Å². The Morgan fingerprint density at radius 2 is 1.62 bits per heavy atom. The highest BCUT2D eigenvalue weighted by Crippen LogP contribution is 2.39. The van der Waals surface area contributed by atoms with Gasteiger partial charge in [-0.3, -0.25) is 0 Å². The average Bonchev–Trinajstić information content (AvgIpc) is 2.46. The summed E-state index contributed by atoms with van der Waals surface area (Å²) >= 11 is 7.47. The molecule has 3 aromatic carbocycles. The Labute approximate surface area is 142 Å². The van der Waals surface area contributed by atoms with Crippen molar-refractivity contribution in [2.45, 2.75) is 18.7 Å². The quantitative estimate of drug-likeness (QED) is 0.417. The van der Waals surface area contributed by atoms with E-state index in [1.54, 1.807) is 0 Å². The van der Waals surface area contributed by atoms with Crippen LogP contribution in [0.4, 0.5) is 0 Å². The summed E-state index contributed by atoms with van der Waals surface area (Å²) in [6.45, 7) is 4.35. The predicted octanol–water partition coefficient (Wildman–Crippen LogP) is 6.70. The minimum Gasteiger partial charge on any atom is -0.0786 e. The molecule has 0 radical (unpaired) electrons. The van der Waals surface area contributed by atoms with Crippen LogP contribution in [0.25, 0.3) is 10.8 Å². The summed E-state index contributed by atoms with van der Waals surface area (Å²) in [5.74, 6) is 0.